The van der Waals surface area contributed by atoms with Crippen molar-refractivity contribution in [3.05, 3.63) is 29.8 Å². The van der Waals surface area contributed by atoms with Crippen LogP contribution in [-0.4, -0.2) is 13.7 Å². The summed E-state index contributed by atoms with van der Waals surface area (Å²) in [5.74, 6) is 0. The van der Waals surface area contributed by atoms with Crippen molar-refractivity contribution in [1.82, 2.24) is 0 Å². The number of rotatable bonds is 3. The molecule has 0 aliphatic heterocycles. The van der Waals surface area contributed by atoms with Crippen LogP contribution in [0, 0.1) is 6.07 Å². The van der Waals surface area contributed by atoms with E-state index in [0.717, 1.165) is 6.07 Å². The summed E-state index contributed by atoms with van der Waals surface area (Å²) in [5.41, 5.74) is -0.440. The molecule has 1 saturated carbocycles. The van der Waals surface area contributed by atoms with Gasteiger partial charge < -0.3 is 0 Å². The lowest BCUT2D eigenvalue weighted by molar-refractivity contribution is 0.148. The summed E-state index contributed by atoms with van der Waals surface area (Å²) in [6.45, 7) is 0. The van der Waals surface area contributed by atoms with Crippen LogP contribution in [0.3, 0.4) is 0 Å². The van der Waals surface area contributed by atoms with E-state index in [-0.39, 0.29) is 4.90 Å². The van der Waals surface area contributed by atoms with Gasteiger partial charge in [0.1, 0.15) is 0 Å². The van der Waals surface area contributed by atoms with Gasteiger partial charge in [0.05, 0.1) is 10.1 Å². The summed E-state index contributed by atoms with van der Waals surface area (Å²) in [5, 5.41) is -0.461. The molecule has 0 bridgehead atoms. The highest BCUT2D eigenvalue weighted by molar-refractivity contribution is 7.92. The highest BCUT2D eigenvalue weighted by atomic mass is 32.2. The Kier molecular flexibility index (Phi) is 2.50. The monoisotopic (exact) mass is 231 g/mol. The first-order valence-corrected chi connectivity index (χ1v) is 6.10. The summed E-state index contributed by atoms with van der Waals surface area (Å²) in [6.07, 6.45) is -1.63. The zero-order valence-electron chi connectivity index (χ0n) is 7.78. The van der Waals surface area contributed by atoms with Crippen molar-refractivity contribution in [2.75, 3.05) is 0 Å². The smallest absolute Gasteiger partial charge is 0.223 e. The largest absolute Gasteiger partial charge is 0.265 e. The van der Waals surface area contributed by atoms with Gasteiger partial charge in [0.2, 0.25) is 0 Å². The summed E-state index contributed by atoms with van der Waals surface area (Å²) < 4.78 is 48.7. The number of hydrogen-bond acceptors (Lipinski definition) is 2. The summed E-state index contributed by atoms with van der Waals surface area (Å²) in [7, 11) is -3.54. The minimum atomic E-state index is -3.54. The van der Waals surface area contributed by atoms with Crippen LogP contribution in [0.2, 0.25) is 0 Å². The van der Waals surface area contributed by atoms with Gasteiger partial charge in [0.15, 0.2) is 9.84 Å². The Morgan fingerprint density at radius 1 is 1.40 bits per heavy atom. The minimum Gasteiger partial charge on any atom is -0.223 e. The molecule has 81 valence electrons. The molecule has 1 aromatic carbocycles. The minimum absolute atomic E-state index is 0.237. The predicted molar refractivity (Wildman–Crippen MR) is 50.4 cm³/mol. The molecule has 1 aliphatic rings. The molecule has 1 aliphatic carbocycles. The highest BCUT2D eigenvalue weighted by Crippen LogP contribution is 2.37. The van der Waals surface area contributed by atoms with E-state index in [1.807, 2.05) is 0 Å². The van der Waals surface area contributed by atoms with Crippen LogP contribution in [0.15, 0.2) is 23.1 Å². The molecule has 0 unspecified atom stereocenters. The molecular weight excluding hydrogens is 222 g/mol. The van der Waals surface area contributed by atoms with Gasteiger partial charge in [-0.25, -0.2) is 17.2 Å². The molecule has 2 nitrogen and oxygen atoms in total. The first-order valence-electron chi connectivity index (χ1n) is 4.55. The van der Waals surface area contributed by atoms with Crippen molar-refractivity contribution in [2.24, 2.45) is 0 Å². The Morgan fingerprint density at radius 3 is 2.60 bits per heavy atom. The van der Waals surface area contributed by atoms with Crippen LogP contribution in [0.1, 0.15) is 24.8 Å². The van der Waals surface area contributed by atoms with Crippen LogP contribution in [0.4, 0.5) is 8.78 Å². The number of sulfone groups is 1. The molecule has 0 amide bonds. The molecule has 5 heteroatoms. The van der Waals surface area contributed by atoms with Crippen molar-refractivity contribution in [1.29, 1.82) is 0 Å². The summed E-state index contributed by atoms with van der Waals surface area (Å²) in [6, 6.07) is 6.06. The van der Waals surface area contributed by atoms with E-state index in [1.54, 1.807) is 0 Å². The van der Waals surface area contributed by atoms with Crippen molar-refractivity contribution in [3.63, 3.8) is 0 Å². The molecule has 0 N–H and O–H groups in total. The lowest BCUT2D eigenvalue weighted by atomic mass is 10.2. The van der Waals surface area contributed by atoms with E-state index in [1.165, 1.54) is 12.1 Å². The molecule has 0 spiro atoms. The third kappa shape index (κ3) is 1.88. The van der Waals surface area contributed by atoms with E-state index in [4.69, 9.17) is 0 Å². The Morgan fingerprint density at radius 2 is 2.07 bits per heavy atom. The molecule has 0 atom stereocenters. The molecule has 0 heterocycles. The quantitative estimate of drug-likeness (QED) is 0.800. The summed E-state index contributed by atoms with van der Waals surface area (Å²) >= 11 is 0. The molecule has 0 saturated heterocycles. The highest BCUT2D eigenvalue weighted by Gasteiger charge is 2.38. The Balaban J connectivity index is 2.52. The van der Waals surface area contributed by atoms with Gasteiger partial charge in [0, 0.05) is 5.56 Å². The zero-order chi connectivity index (χ0) is 11.1. The number of alkyl halides is 2. The maximum Gasteiger partial charge on any atom is 0.265 e. The van der Waals surface area contributed by atoms with Crippen LogP contribution in [0.5, 0.6) is 0 Å². The molecule has 1 radical (unpaired) electrons. The Hall–Kier alpha value is -0.970. The van der Waals surface area contributed by atoms with Crippen molar-refractivity contribution in [2.45, 2.75) is 29.4 Å². The average molecular weight is 231 g/mol. The Bertz CT molecular complexity index is 464. The van der Waals surface area contributed by atoms with Gasteiger partial charge >= 0.3 is 0 Å². The van der Waals surface area contributed by atoms with Gasteiger partial charge in [-0.2, -0.15) is 0 Å². The van der Waals surface area contributed by atoms with Crippen molar-refractivity contribution in [3.8, 4) is 0 Å². The first kappa shape index (κ1) is 10.5. The van der Waals surface area contributed by atoms with Gasteiger partial charge in [-0.05, 0) is 31.0 Å². The van der Waals surface area contributed by atoms with Gasteiger partial charge in [-0.15, -0.1) is 0 Å². The fourth-order valence-corrected chi connectivity index (χ4v) is 3.27. The van der Waals surface area contributed by atoms with Crippen LogP contribution < -0.4 is 0 Å². The molecule has 1 aromatic rings. The molecule has 15 heavy (non-hydrogen) atoms. The summed E-state index contributed by atoms with van der Waals surface area (Å²) in [4.78, 5) is -0.237. The fraction of sp³-hybridized carbons (Fsp3) is 0.400. The van der Waals surface area contributed by atoms with Crippen LogP contribution in [0.25, 0.3) is 0 Å². The first-order chi connectivity index (χ1) is 7.03. The van der Waals surface area contributed by atoms with Gasteiger partial charge in [-0.1, -0.05) is 6.07 Å². The maximum atomic E-state index is 12.6. The van der Waals surface area contributed by atoms with Gasteiger partial charge in [-0.3, -0.25) is 0 Å². The maximum absolute atomic E-state index is 12.6. The lowest BCUT2D eigenvalue weighted by Crippen LogP contribution is -2.10. The van der Waals surface area contributed by atoms with Crippen LogP contribution in [-0.2, 0) is 9.84 Å². The fourth-order valence-electron chi connectivity index (χ4n) is 1.42. The van der Waals surface area contributed by atoms with E-state index in [0.29, 0.717) is 12.8 Å². The van der Waals surface area contributed by atoms with E-state index in [9.17, 15) is 17.2 Å². The number of halogens is 2. The second-order valence-electron chi connectivity index (χ2n) is 3.51. The average Bonchev–Trinajstić information content (AvgIpc) is 3.01. The third-order valence-corrected chi connectivity index (χ3v) is 4.69. The lowest BCUT2D eigenvalue weighted by Gasteiger charge is -2.08. The normalized spacial score (nSPS) is 17.0. The van der Waals surface area contributed by atoms with Gasteiger partial charge in [0.25, 0.3) is 6.43 Å². The zero-order valence-corrected chi connectivity index (χ0v) is 8.60. The number of benzene rings is 1. The van der Waals surface area contributed by atoms with E-state index < -0.39 is 27.1 Å². The SMILES string of the molecule is O=S(=O)(c1cc[c]cc1C(F)F)C1CC1. The number of hydrogen-bond donors (Lipinski definition) is 0. The van der Waals surface area contributed by atoms with E-state index >= 15 is 0 Å². The third-order valence-electron chi connectivity index (χ3n) is 2.36. The van der Waals surface area contributed by atoms with Crippen molar-refractivity contribution >= 4 is 9.84 Å². The Labute approximate surface area is 86.8 Å². The van der Waals surface area contributed by atoms with Crippen LogP contribution >= 0.6 is 0 Å². The predicted octanol–water partition coefficient (Wildman–Crippen LogP) is 2.36. The topological polar surface area (TPSA) is 34.1 Å². The van der Waals surface area contributed by atoms with E-state index in [2.05, 4.69) is 6.07 Å². The molecule has 1 fully saturated rings. The second kappa shape index (κ2) is 3.56. The second-order valence-corrected chi connectivity index (χ2v) is 5.71. The molecule has 2 rings (SSSR count). The molecular formula is C10H9F2O2S. The standard InChI is InChI=1S/C10H9F2O2S/c11-10(12)8-3-1-2-4-9(8)15(13,14)7-5-6-7/h2-4,7,10H,5-6H2. The molecule has 0 aromatic heterocycles. The van der Waals surface area contributed by atoms with Crippen molar-refractivity contribution < 1.29 is 17.2 Å².